The van der Waals surface area contributed by atoms with Crippen molar-refractivity contribution in [2.24, 2.45) is 0 Å². The van der Waals surface area contributed by atoms with Crippen molar-refractivity contribution in [3.05, 3.63) is 107 Å². The molecular weight excluding hydrogens is 422 g/mol. The van der Waals surface area contributed by atoms with Crippen molar-refractivity contribution in [1.29, 1.82) is 0 Å². The minimum Gasteiger partial charge on any atom is -0.458 e. The van der Waals surface area contributed by atoms with E-state index in [2.05, 4.69) is 0 Å². The van der Waals surface area contributed by atoms with E-state index in [4.69, 9.17) is 9.47 Å². The summed E-state index contributed by atoms with van der Waals surface area (Å²) in [7, 11) is 0. The number of rotatable bonds is 8. The highest BCUT2D eigenvalue weighted by molar-refractivity contribution is 6.22. The van der Waals surface area contributed by atoms with Crippen LogP contribution in [0.3, 0.4) is 0 Å². The minimum atomic E-state index is -1.22. The van der Waals surface area contributed by atoms with Gasteiger partial charge in [0, 0.05) is 6.42 Å². The lowest BCUT2D eigenvalue weighted by Crippen LogP contribution is -2.39. The van der Waals surface area contributed by atoms with Crippen LogP contribution in [0.2, 0.25) is 0 Å². The third kappa shape index (κ3) is 5.15. The molecule has 3 aromatic carbocycles. The average molecular weight is 443 g/mol. The highest BCUT2D eigenvalue weighted by Crippen LogP contribution is 2.22. The van der Waals surface area contributed by atoms with Crippen molar-refractivity contribution >= 4 is 23.8 Å². The quantitative estimate of drug-likeness (QED) is 0.392. The molecule has 0 fully saturated rings. The van der Waals surface area contributed by atoms with Gasteiger partial charge < -0.3 is 9.47 Å². The maximum atomic E-state index is 12.8. The van der Waals surface area contributed by atoms with Gasteiger partial charge in [0.15, 0.2) is 0 Å². The number of esters is 2. The Labute approximate surface area is 190 Å². The zero-order chi connectivity index (χ0) is 23.2. The molecule has 33 heavy (non-hydrogen) atoms. The van der Waals surface area contributed by atoms with E-state index < -0.39 is 36.4 Å². The summed E-state index contributed by atoms with van der Waals surface area (Å²) >= 11 is 0. The molecule has 0 unspecified atom stereocenters. The molecule has 1 aliphatic rings. The number of hydrogen-bond donors (Lipinski definition) is 0. The molecule has 166 valence electrons. The van der Waals surface area contributed by atoms with Gasteiger partial charge in [0.1, 0.15) is 13.2 Å². The van der Waals surface area contributed by atoms with Gasteiger partial charge in [-0.2, -0.15) is 0 Å². The summed E-state index contributed by atoms with van der Waals surface area (Å²) in [6.45, 7) is -0.565. The van der Waals surface area contributed by atoms with E-state index in [0.29, 0.717) is 0 Å². The van der Waals surface area contributed by atoms with E-state index >= 15 is 0 Å². The van der Waals surface area contributed by atoms with Crippen LogP contribution < -0.4 is 0 Å². The molecule has 7 heteroatoms. The van der Waals surface area contributed by atoms with Gasteiger partial charge in [-0.3, -0.25) is 19.3 Å². The van der Waals surface area contributed by atoms with Crippen molar-refractivity contribution in [2.45, 2.75) is 19.1 Å². The summed E-state index contributed by atoms with van der Waals surface area (Å²) in [5.74, 6) is -2.72. The lowest BCUT2D eigenvalue weighted by Gasteiger charge is -2.19. The van der Waals surface area contributed by atoms with Crippen molar-refractivity contribution in [3.8, 4) is 0 Å². The number of fused-ring (bicyclic) bond motifs is 1. The van der Waals surface area contributed by atoms with Gasteiger partial charge in [-0.1, -0.05) is 72.8 Å². The van der Waals surface area contributed by atoms with Crippen LogP contribution in [-0.2, 0) is 32.1 Å². The molecule has 0 N–H and O–H groups in total. The first kappa shape index (κ1) is 22.0. The SMILES string of the molecule is O=C(CN1C(=O)c2ccccc2C1=O)O[C@H](Cc1ccccc1)C(=O)OCc1ccccc1. The van der Waals surface area contributed by atoms with Crippen LogP contribution in [0.5, 0.6) is 0 Å². The van der Waals surface area contributed by atoms with Crippen LogP contribution in [-0.4, -0.2) is 41.3 Å². The molecule has 1 aliphatic heterocycles. The largest absolute Gasteiger partial charge is 0.458 e. The summed E-state index contributed by atoms with van der Waals surface area (Å²) in [6, 6.07) is 24.5. The molecular formula is C26H21NO6. The van der Waals surface area contributed by atoms with E-state index in [0.717, 1.165) is 16.0 Å². The molecule has 0 radical (unpaired) electrons. The topological polar surface area (TPSA) is 90.0 Å². The predicted octanol–water partition coefficient (Wildman–Crippen LogP) is 3.18. The molecule has 0 saturated heterocycles. The second kappa shape index (κ2) is 9.91. The highest BCUT2D eigenvalue weighted by atomic mass is 16.6. The molecule has 3 aromatic rings. The van der Waals surface area contributed by atoms with Gasteiger partial charge in [0.05, 0.1) is 11.1 Å². The van der Waals surface area contributed by atoms with E-state index in [1.54, 1.807) is 24.3 Å². The van der Waals surface area contributed by atoms with Gasteiger partial charge in [0.2, 0.25) is 6.10 Å². The fourth-order valence-corrected chi connectivity index (χ4v) is 3.53. The Kier molecular flexibility index (Phi) is 6.59. The summed E-state index contributed by atoms with van der Waals surface area (Å²) in [5, 5.41) is 0. The van der Waals surface area contributed by atoms with Gasteiger partial charge in [0.25, 0.3) is 11.8 Å². The van der Waals surface area contributed by atoms with E-state index in [1.807, 2.05) is 48.5 Å². The van der Waals surface area contributed by atoms with Gasteiger partial charge in [-0.25, -0.2) is 4.79 Å². The smallest absolute Gasteiger partial charge is 0.348 e. The first-order chi connectivity index (χ1) is 16.0. The maximum absolute atomic E-state index is 12.8. The molecule has 0 aromatic heterocycles. The van der Waals surface area contributed by atoms with Crippen molar-refractivity contribution < 1.29 is 28.7 Å². The molecule has 4 rings (SSSR count). The number of carbonyl (C=O) groups is 4. The van der Waals surface area contributed by atoms with Crippen LogP contribution in [0.1, 0.15) is 31.8 Å². The zero-order valence-corrected chi connectivity index (χ0v) is 17.7. The maximum Gasteiger partial charge on any atom is 0.348 e. The number of carbonyl (C=O) groups excluding carboxylic acids is 4. The number of hydrogen-bond acceptors (Lipinski definition) is 6. The summed E-state index contributed by atoms with van der Waals surface area (Å²) in [4.78, 5) is 51.3. The number of ether oxygens (including phenoxy) is 2. The molecule has 1 heterocycles. The standard InChI is InChI=1S/C26H21NO6/c28-23(16-27-24(29)20-13-7-8-14-21(20)25(27)30)33-22(15-18-9-3-1-4-10-18)26(31)32-17-19-11-5-2-6-12-19/h1-14,22H,15-17H2/t22-/m1/s1. The Bertz CT molecular complexity index is 1140. The minimum absolute atomic E-state index is 0.0287. The zero-order valence-electron chi connectivity index (χ0n) is 17.7. The van der Waals surface area contributed by atoms with E-state index in [9.17, 15) is 19.2 Å². The molecule has 0 spiro atoms. The highest BCUT2D eigenvalue weighted by Gasteiger charge is 2.37. The van der Waals surface area contributed by atoms with Crippen LogP contribution in [0.25, 0.3) is 0 Å². The van der Waals surface area contributed by atoms with Crippen molar-refractivity contribution in [2.75, 3.05) is 6.54 Å². The Morgan fingerprint density at radius 3 is 1.82 bits per heavy atom. The monoisotopic (exact) mass is 443 g/mol. The van der Waals surface area contributed by atoms with Crippen LogP contribution in [0.15, 0.2) is 84.9 Å². The Balaban J connectivity index is 1.44. The molecule has 0 aliphatic carbocycles. The second-order valence-corrected chi connectivity index (χ2v) is 7.50. The lowest BCUT2D eigenvalue weighted by atomic mass is 10.1. The van der Waals surface area contributed by atoms with Gasteiger partial charge >= 0.3 is 11.9 Å². The summed E-state index contributed by atoms with van der Waals surface area (Å²) in [6.07, 6.45) is -1.12. The van der Waals surface area contributed by atoms with E-state index in [-0.39, 0.29) is 24.2 Å². The molecule has 2 amide bonds. The third-order valence-corrected chi connectivity index (χ3v) is 5.19. The number of amides is 2. The van der Waals surface area contributed by atoms with E-state index in [1.165, 1.54) is 12.1 Å². The first-order valence-electron chi connectivity index (χ1n) is 10.4. The normalized spacial score (nSPS) is 13.4. The predicted molar refractivity (Wildman–Crippen MR) is 118 cm³/mol. The second-order valence-electron chi connectivity index (χ2n) is 7.50. The number of nitrogens with zero attached hydrogens (tertiary/aromatic N) is 1. The van der Waals surface area contributed by atoms with Gasteiger partial charge in [-0.15, -0.1) is 0 Å². The van der Waals surface area contributed by atoms with Crippen LogP contribution in [0.4, 0.5) is 0 Å². The number of benzene rings is 3. The third-order valence-electron chi connectivity index (χ3n) is 5.19. The number of imide groups is 1. The van der Waals surface area contributed by atoms with Crippen LogP contribution in [0, 0.1) is 0 Å². The lowest BCUT2D eigenvalue weighted by molar-refractivity contribution is -0.168. The van der Waals surface area contributed by atoms with Crippen LogP contribution >= 0.6 is 0 Å². The summed E-state index contributed by atoms with van der Waals surface area (Å²) in [5.41, 5.74) is 2.03. The molecule has 7 nitrogen and oxygen atoms in total. The fourth-order valence-electron chi connectivity index (χ4n) is 3.53. The fraction of sp³-hybridized carbons (Fsp3) is 0.154. The molecule has 1 atom stereocenters. The Hall–Kier alpha value is -4.26. The Morgan fingerprint density at radius 2 is 1.24 bits per heavy atom. The summed E-state index contributed by atoms with van der Waals surface area (Å²) < 4.78 is 10.8. The van der Waals surface area contributed by atoms with Gasteiger partial charge in [-0.05, 0) is 23.3 Å². The molecule has 0 bridgehead atoms. The first-order valence-corrected chi connectivity index (χ1v) is 10.4. The average Bonchev–Trinajstić information content (AvgIpc) is 3.08. The van der Waals surface area contributed by atoms with Crippen molar-refractivity contribution in [1.82, 2.24) is 4.90 Å². The van der Waals surface area contributed by atoms with Crippen molar-refractivity contribution in [3.63, 3.8) is 0 Å². The molecule has 0 saturated carbocycles. The Morgan fingerprint density at radius 1 is 0.727 bits per heavy atom.